The zero-order chi connectivity index (χ0) is 23.1. The summed E-state index contributed by atoms with van der Waals surface area (Å²) in [6, 6.07) is 15.4. The van der Waals surface area contributed by atoms with E-state index in [9.17, 15) is 26.8 Å². The second kappa shape index (κ2) is 10.0. The van der Waals surface area contributed by atoms with Crippen LogP contribution in [0.1, 0.15) is 15.9 Å². The van der Waals surface area contributed by atoms with Crippen molar-refractivity contribution in [3.05, 3.63) is 95.6 Å². The van der Waals surface area contributed by atoms with Gasteiger partial charge in [-0.05, 0) is 54.1 Å². The van der Waals surface area contributed by atoms with Crippen LogP contribution in [0.2, 0.25) is 0 Å². The van der Waals surface area contributed by atoms with E-state index in [0.29, 0.717) is 5.56 Å². The zero-order valence-electron chi connectivity index (χ0n) is 16.5. The summed E-state index contributed by atoms with van der Waals surface area (Å²) in [4.78, 5) is 24.2. The van der Waals surface area contributed by atoms with Gasteiger partial charge in [0.2, 0.25) is 0 Å². The highest BCUT2D eigenvalue weighted by Gasteiger charge is 2.20. The molecule has 2 N–H and O–H groups in total. The monoisotopic (exact) mass is 460 g/mol. The maximum Gasteiger partial charge on any atom is 0.340 e. The smallest absolute Gasteiger partial charge is 0.340 e. The highest BCUT2D eigenvalue weighted by Crippen LogP contribution is 2.21. The van der Waals surface area contributed by atoms with Crippen LogP contribution in [-0.4, -0.2) is 26.9 Å². The van der Waals surface area contributed by atoms with Crippen LogP contribution in [0.25, 0.3) is 0 Å². The lowest BCUT2D eigenvalue weighted by molar-refractivity contribution is -0.124. The fraction of sp³-hybridized carbons (Fsp3) is 0.0909. The quantitative estimate of drug-likeness (QED) is 0.503. The number of para-hydroxylation sites is 1. The van der Waals surface area contributed by atoms with Crippen molar-refractivity contribution in [2.24, 2.45) is 0 Å². The molecular weight excluding hydrogens is 442 g/mol. The summed E-state index contributed by atoms with van der Waals surface area (Å²) in [6.07, 6.45) is 0. The summed E-state index contributed by atoms with van der Waals surface area (Å²) < 4.78 is 58.2. The Morgan fingerprint density at radius 3 is 2.09 bits per heavy atom. The molecule has 3 rings (SSSR count). The van der Waals surface area contributed by atoms with Gasteiger partial charge in [-0.25, -0.2) is 22.0 Å². The van der Waals surface area contributed by atoms with E-state index >= 15 is 0 Å². The molecule has 0 aliphatic rings. The Bertz CT molecular complexity index is 1210. The minimum absolute atomic E-state index is 0.0615. The summed E-state index contributed by atoms with van der Waals surface area (Å²) in [7, 11) is -4.09. The largest absolute Gasteiger partial charge is 0.452 e. The number of hydrogen-bond donors (Lipinski definition) is 2. The molecule has 0 bridgehead atoms. The molecule has 0 spiro atoms. The molecule has 0 fully saturated rings. The average Bonchev–Trinajstić information content (AvgIpc) is 2.77. The molecule has 0 unspecified atom stereocenters. The number of benzene rings is 3. The number of anilines is 1. The Kier molecular flexibility index (Phi) is 7.16. The molecule has 0 heterocycles. The fourth-order valence-corrected chi connectivity index (χ4v) is 3.71. The molecule has 0 aliphatic carbocycles. The van der Waals surface area contributed by atoms with Gasteiger partial charge in [0.05, 0.1) is 16.1 Å². The van der Waals surface area contributed by atoms with Crippen LogP contribution in [0.3, 0.4) is 0 Å². The molecule has 32 heavy (non-hydrogen) atoms. The molecule has 10 heteroatoms. The van der Waals surface area contributed by atoms with Gasteiger partial charge >= 0.3 is 5.97 Å². The number of sulfonamides is 1. The first-order valence-electron chi connectivity index (χ1n) is 9.30. The summed E-state index contributed by atoms with van der Waals surface area (Å²) in [5.74, 6) is -2.50. The van der Waals surface area contributed by atoms with E-state index in [-0.39, 0.29) is 22.7 Å². The predicted molar refractivity (Wildman–Crippen MR) is 112 cm³/mol. The first kappa shape index (κ1) is 22.9. The minimum atomic E-state index is -4.09. The van der Waals surface area contributed by atoms with Gasteiger partial charge in [-0.3, -0.25) is 9.52 Å². The topological polar surface area (TPSA) is 102 Å². The Morgan fingerprint density at radius 2 is 1.44 bits per heavy atom. The molecule has 7 nitrogen and oxygen atoms in total. The van der Waals surface area contributed by atoms with E-state index in [0.717, 1.165) is 24.3 Å². The molecule has 3 aromatic rings. The lowest BCUT2D eigenvalue weighted by atomic mass is 10.2. The van der Waals surface area contributed by atoms with E-state index in [1.165, 1.54) is 48.5 Å². The van der Waals surface area contributed by atoms with Crippen molar-refractivity contribution in [1.29, 1.82) is 0 Å². The SMILES string of the molecule is O=C(COC(=O)c1ccccc1NS(=O)(=O)c1ccc(F)cc1)NCc1ccc(F)cc1. The number of carbonyl (C=O) groups is 2. The Labute approximate surface area is 183 Å². The Balaban J connectivity index is 1.61. The maximum absolute atomic E-state index is 13.1. The number of rotatable bonds is 8. The van der Waals surface area contributed by atoms with Gasteiger partial charge in [0.15, 0.2) is 6.61 Å². The van der Waals surface area contributed by atoms with Gasteiger partial charge in [0, 0.05) is 6.54 Å². The van der Waals surface area contributed by atoms with Crippen molar-refractivity contribution in [2.45, 2.75) is 11.4 Å². The molecule has 0 saturated carbocycles. The van der Waals surface area contributed by atoms with Crippen LogP contribution in [0.4, 0.5) is 14.5 Å². The number of hydrogen-bond acceptors (Lipinski definition) is 5. The Hall–Kier alpha value is -3.79. The van der Waals surface area contributed by atoms with Crippen LogP contribution in [0.15, 0.2) is 77.7 Å². The third kappa shape index (κ3) is 6.11. The molecule has 3 aromatic carbocycles. The van der Waals surface area contributed by atoms with E-state index in [4.69, 9.17) is 4.74 Å². The van der Waals surface area contributed by atoms with E-state index in [1.54, 1.807) is 0 Å². The highest BCUT2D eigenvalue weighted by atomic mass is 32.2. The molecule has 166 valence electrons. The lowest BCUT2D eigenvalue weighted by Crippen LogP contribution is -2.28. The van der Waals surface area contributed by atoms with E-state index in [2.05, 4.69) is 10.0 Å². The van der Waals surface area contributed by atoms with Gasteiger partial charge in [-0.1, -0.05) is 24.3 Å². The van der Waals surface area contributed by atoms with Crippen LogP contribution >= 0.6 is 0 Å². The normalized spacial score (nSPS) is 10.9. The van der Waals surface area contributed by atoms with Gasteiger partial charge in [0.1, 0.15) is 11.6 Å². The first-order chi connectivity index (χ1) is 15.2. The summed E-state index contributed by atoms with van der Waals surface area (Å²) in [5.41, 5.74) is 0.490. The van der Waals surface area contributed by atoms with Crippen molar-refractivity contribution < 1.29 is 31.5 Å². The molecule has 1 amide bonds. The Morgan fingerprint density at radius 1 is 0.844 bits per heavy atom. The van der Waals surface area contributed by atoms with Crippen molar-refractivity contribution >= 4 is 27.6 Å². The van der Waals surface area contributed by atoms with Gasteiger partial charge in [0.25, 0.3) is 15.9 Å². The van der Waals surface area contributed by atoms with Crippen molar-refractivity contribution in [2.75, 3.05) is 11.3 Å². The summed E-state index contributed by atoms with van der Waals surface area (Å²) in [6.45, 7) is -0.482. The van der Waals surface area contributed by atoms with Crippen LogP contribution < -0.4 is 10.0 Å². The maximum atomic E-state index is 13.1. The number of nitrogens with one attached hydrogen (secondary N) is 2. The second-order valence-electron chi connectivity index (χ2n) is 6.58. The van der Waals surface area contributed by atoms with Crippen LogP contribution in [-0.2, 0) is 26.1 Å². The average molecular weight is 460 g/mol. The summed E-state index contributed by atoms with van der Waals surface area (Å²) in [5, 5.41) is 2.52. The molecule has 0 aromatic heterocycles. The van der Waals surface area contributed by atoms with Crippen molar-refractivity contribution in [1.82, 2.24) is 5.32 Å². The summed E-state index contributed by atoms with van der Waals surface area (Å²) >= 11 is 0. The van der Waals surface area contributed by atoms with Crippen LogP contribution in [0.5, 0.6) is 0 Å². The molecule has 0 radical (unpaired) electrons. The number of esters is 1. The fourth-order valence-electron chi connectivity index (χ4n) is 2.63. The van der Waals surface area contributed by atoms with Gasteiger partial charge in [-0.15, -0.1) is 0 Å². The molecular formula is C22H18F2N2O5S. The number of halogens is 2. The van der Waals surface area contributed by atoms with Gasteiger partial charge < -0.3 is 10.1 Å². The van der Waals surface area contributed by atoms with Crippen molar-refractivity contribution in [3.63, 3.8) is 0 Å². The number of carbonyl (C=O) groups excluding carboxylic acids is 2. The van der Waals surface area contributed by atoms with Crippen molar-refractivity contribution in [3.8, 4) is 0 Å². The van der Waals surface area contributed by atoms with E-state index in [1.807, 2.05) is 0 Å². The zero-order valence-corrected chi connectivity index (χ0v) is 17.4. The lowest BCUT2D eigenvalue weighted by Gasteiger charge is -2.12. The first-order valence-corrected chi connectivity index (χ1v) is 10.8. The number of ether oxygens (including phenoxy) is 1. The molecule has 0 aliphatic heterocycles. The van der Waals surface area contributed by atoms with Crippen LogP contribution in [0, 0.1) is 11.6 Å². The third-order valence-corrected chi connectivity index (χ3v) is 5.63. The third-order valence-electron chi connectivity index (χ3n) is 4.25. The second-order valence-corrected chi connectivity index (χ2v) is 8.27. The predicted octanol–water partition coefficient (Wildman–Crippen LogP) is 3.24. The minimum Gasteiger partial charge on any atom is -0.452 e. The van der Waals surface area contributed by atoms with E-state index < -0.39 is 40.1 Å². The highest BCUT2D eigenvalue weighted by molar-refractivity contribution is 7.92. The number of amides is 1. The molecule has 0 atom stereocenters. The molecule has 0 saturated heterocycles. The van der Waals surface area contributed by atoms with Gasteiger partial charge in [-0.2, -0.15) is 0 Å². The standard InChI is InChI=1S/C22H18F2N2O5S/c23-16-7-5-15(6-8-16)13-25-21(27)14-31-22(28)19-3-1-2-4-20(19)26-32(29,30)18-11-9-17(24)10-12-18/h1-12,26H,13-14H2,(H,25,27).